The molecule has 2 aromatic rings. The molecule has 0 amide bonds. The molecule has 0 saturated carbocycles. The summed E-state index contributed by atoms with van der Waals surface area (Å²) in [4.78, 5) is 2.19. The molecule has 4 heteroatoms. The normalized spacial score (nSPS) is 10.7. The van der Waals surface area contributed by atoms with Crippen LogP contribution in [-0.4, -0.2) is 16.8 Å². The molecule has 0 atom stereocenters. The molecule has 2 N–H and O–H groups in total. The Morgan fingerprint density at radius 2 is 1.94 bits per heavy atom. The number of nitrogens with two attached hydrogens (primary N) is 1. The van der Waals surface area contributed by atoms with E-state index in [1.165, 1.54) is 5.56 Å². The van der Waals surface area contributed by atoms with Crippen LogP contribution in [0.15, 0.2) is 30.3 Å². The fourth-order valence-corrected chi connectivity index (χ4v) is 2.34. The molecule has 1 heterocycles. The zero-order chi connectivity index (χ0) is 13.1. The highest BCUT2D eigenvalue weighted by Crippen LogP contribution is 2.22. The van der Waals surface area contributed by atoms with Crippen molar-refractivity contribution in [2.45, 2.75) is 20.0 Å². The molecule has 4 nitrogen and oxygen atoms in total. The molecule has 1 aromatic heterocycles. The van der Waals surface area contributed by atoms with E-state index in [1.54, 1.807) is 0 Å². The summed E-state index contributed by atoms with van der Waals surface area (Å²) in [6.45, 7) is 3.38. The first kappa shape index (κ1) is 12.6. The Balaban J connectivity index is 2.26. The summed E-state index contributed by atoms with van der Waals surface area (Å²) in [5, 5.41) is 4.44. The van der Waals surface area contributed by atoms with Gasteiger partial charge in [-0.25, -0.2) is 0 Å². The van der Waals surface area contributed by atoms with Crippen LogP contribution in [-0.2, 0) is 20.1 Å². The smallest absolute Gasteiger partial charge is 0.131 e. The van der Waals surface area contributed by atoms with E-state index in [0.717, 1.165) is 23.6 Å². The molecule has 0 saturated heterocycles. The predicted octanol–water partition coefficient (Wildman–Crippen LogP) is 1.82. The van der Waals surface area contributed by atoms with Gasteiger partial charge in [0.05, 0.1) is 5.69 Å². The minimum absolute atomic E-state index is 0.522. The van der Waals surface area contributed by atoms with Gasteiger partial charge in [0.15, 0.2) is 0 Å². The molecule has 0 aliphatic heterocycles. The third-order valence-corrected chi connectivity index (χ3v) is 3.14. The minimum atomic E-state index is 0.522. The van der Waals surface area contributed by atoms with Crippen LogP contribution in [0.1, 0.15) is 16.8 Å². The summed E-state index contributed by atoms with van der Waals surface area (Å²) in [5.41, 5.74) is 9.23. The van der Waals surface area contributed by atoms with Crippen LogP contribution >= 0.6 is 0 Å². The summed E-state index contributed by atoms with van der Waals surface area (Å²) in [5.74, 6) is 1.10. The van der Waals surface area contributed by atoms with Crippen LogP contribution in [0.5, 0.6) is 0 Å². The van der Waals surface area contributed by atoms with E-state index in [9.17, 15) is 0 Å². The van der Waals surface area contributed by atoms with E-state index in [4.69, 9.17) is 5.73 Å². The first-order valence-corrected chi connectivity index (χ1v) is 6.11. The summed E-state index contributed by atoms with van der Waals surface area (Å²) in [7, 11) is 4.03. The SMILES string of the molecule is Cc1nn(C)c(N(C)Cc2ccccc2)c1CN. The lowest BCUT2D eigenvalue weighted by Crippen LogP contribution is -2.21. The van der Waals surface area contributed by atoms with Crippen molar-refractivity contribution in [1.29, 1.82) is 0 Å². The summed E-state index contributed by atoms with van der Waals surface area (Å²) in [6, 6.07) is 10.4. The van der Waals surface area contributed by atoms with Crippen LogP contribution < -0.4 is 10.6 Å². The topological polar surface area (TPSA) is 47.1 Å². The Kier molecular flexibility index (Phi) is 3.67. The number of rotatable bonds is 4. The lowest BCUT2D eigenvalue weighted by Gasteiger charge is -2.21. The van der Waals surface area contributed by atoms with Gasteiger partial charge >= 0.3 is 0 Å². The largest absolute Gasteiger partial charge is 0.355 e. The molecule has 0 radical (unpaired) electrons. The number of hydrogen-bond acceptors (Lipinski definition) is 3. The van der Waals surface area contributed by atoms with Gasteiger partial charge in [0.1, 0.15) is 5.82 Å². The number of nitrogens with zero attached hydrogens (tertiary/aromatic N) is 3. The second-order valence-corrected chi connectivity index (χ2v) is 4.56. The van der Waals surface area contributed by atoms with Gasteiger partial charge < -0.3 is 10.6 Å². The Labute approximate surface area is 108 Å². The molecular weight excluding hydrogens is 224 g/mol. The van der Waals surface area contributed by atoms with Gasteiger partial charge in [-0.15, -0.1) is 0 Å². The monoisotopic (exact) mass is 244 g/mol. The standard InChI is InChI=1S/C14H20N4/c1-11-13(9-15)14(18(3)16-11)17(2)10-12-7-5-4-6-8-12/h4-8H,9-10,15H2,1-3H3. The zero-order valence-corrected chi connectivity index (χ0v) is 11.2. The fraction of sp³-hybridized carbons (Fsp3) is 0.357. The number of aromatic nitrogens is 2. The minimum Gasteiger partial charge on any atom is -0.355 e. The molecule has 96 valence electrons. The van der Waals surface area contributed by atoms with E-state index in [1.807, 2.05) is 24.7 Å². The third kappa shape index (κ3) is 2.38. The van der Waals surface area contributed by atoms with Crippen LogP contribution in [0.4, 0.5) is 5.82 Å². The Bertz CT molecular complexity index is 516. The van der Waals surface area contributed by atoms with Crippen molar-refractivity contribution < 1.29 is 0 Å². The van der Waals surface area contributed by atoms with Crippen molar-refractivity contribution in [3.63, 3.8) is 0 Å². The molecular formula is C14H20N4. The Morgan fingerprint density at radius 3 is 2.56 bits per heavy atom. The maximum Gasteiger partial charge on any atom is 0.131 e. The molecule has 2 rings (SSSR count). The Hall–Kier alpha value is -1.81. The maximum atomic E-state index is 5.82. The van der Waals surface area contributed by atoms with Gasteiger partial charge in [0.25, 0.3) is 0 Å². The van der Waals surface area contributed by atoms with Gasteiger partial charge in [-0.2, -0.15) is 5.10 Å². The Morgan fingerprint density at radius 1 is 1.28 bits per heavy atom. The summed E-state index contributed by atoms with van der Waals surface area (Å²) in [6.07, 6.45) is 0. The molecule has 0 aliphatic rings. The summed E-state index contributed by atoms with van der Waals surface area (Å²) >= 11 is 0. The average molecular weight is 244 g/mol. The quantitative estimate of drug-likeness (QED) is 0.892. The lowest BCUT2D eigenvalue weighted by atomic mass is 10.2. The van der Waals surface area contributed by atoms with E-state index >= 15 is 0 Å². The number of hydrogen-bond donors (Lipinski definition) is 1. The fourth-order valence-electron chi connectivity index (χ4n) is 2.34. The van der Waals surface area contributed by atoms with Crippen molar-refractivity contribution in [2.24, 2.45) is 12.8 Å². The highest BCUT2D eigenvalue weighted by Gasteiger charge is 2.15. The van der Waals surface area contributed by atoms with Crippen molar-refractivity contribution >= 4 is 5.82 Å². The first-order chi connectivity index (χ1) is 8.63. The third-order valence-electron chi connectivity index (χ3n) is 3.14. The second-order valence-electron chi connectivity index (χ2n) is 4.56. The molecule has 0 bridgehead atoms. The van der Waals surface area contributed by atoms with Gasteiger partial charge in [0.2, 0.25) is 0 Å². The zero-order valence-electron chi connectivity index (χ0n) is 11.2. The second kappa shape index (κ2) is 5.23. The summed E-state index contributed by atoms with van der Waals surface area (Å²) < 4.78 is 1.90. The van der Waals surface area contributed by atoms with Crippen molar-refractivity contribution in [3.8, 4) is 0 Å². The molecule has 0 fully saturated rings. The number of aryl methyl sites for hydroxylation is 2. The van der Waals surface area contributed by atoms with Gasteiger partial charge in [-0.05, 0) is 12.5 Å². The van der Waals surface area contributed by atoms with Crippen LogP contribution in [0.2, 0.25) is 0 Å². The molecule has 0 unspecified atom stereocenters. The highest BCUT2D eigenvalue weighted by molar-refractivity contribution is 5.49. The molecule has 1 aromatic carbocycles. The van der Waals surface area contributed by atoms with Gasteiger partial charge in [0, 0.05) is 32.7 Å². The van der Waals surface area contributed by atoms with Crippen LogP contribution in [0.3, 0.4) is 0 Å². The predicted molar refractivity (Wildman–Crippen MR) is 74.4 cm³/mol. The molecule has 18 heavy (non-hydrogen) atoms. The lowest BCUT2D eigenvalue weighted by molar-refractivity contribution is 0.725. The maximum absolute atomic E-state index is 5.82. The number of anilines is 1. The first-order valence-electron chi connectivity index (χ1n) is 6.11. The van der Waals surface area contributed by atoms with Crippen molar-refractivity contribution in [1.82, 2.24) is 9.78 Å². The van der Waals surface area contributed by atoms with E-state index in [2.05, 4.69) is 41.3 Å². The molecule has 0 aliphatic carbocycles. The molecule has 0 spiro atoms. The number of benzene rings is 1. The van der Waals surface area contributed by atoms with Gasteiger partial charge in [-0.3, -0.25) is 4.68 Å². The van der Waals surface area contributed by atoms with Crippen molar-refractivity contribution in [3.05, 3.63) is 47.2 Å². The van der Waals surface area contributed by atoms with Gasteiger partial charge in [-0.1, -0.05) is 30.3 Å². The van der Waals surface area contributed by atoms with Crippen LogP contribution in [0, 0.1) is 6.92 Å². The van der Waals surface area contributed by atoms with E-state index in [-0.39, 0.29) is 0 Å². The van der Waals surface area contributed by atoms with E-state index < -0.39 is 0 Å². The van der Waals surface area contributed by atoms with Crippen molar-refractivity contribution in [2.75, 3.05) is 11.9 Å². The van der Waals surface area contributed by atoms with E-state index in [0.29, 0.717) is 6.54 Å². The average Bonchev–Trinajstić information content (AvgIpc) is 2.64. The van der Waals surface area contributed by atoms with Crippen LogP contribution in [0.25, 0.3) is 0 Å². The highest BCUT2D eigenvalue weighted by atomic mass is 15.4.